The van der Waals surface area contributed by atoms with E-state index >= 15 is 0 Å². The number of benzene rings is 1. The molecule has 0 atom stereocenters. The molecule has 0 radical (unpaired) electrons. The average molecular weight is 219 g/mol. The third-order valence-electron chi connectivity index (χ3n) is 2.96. The van der Waals surface area contributed by atoms with E-state index < -0.39 is 5.72 Å². The molecule has 1 aromatic carbocycles. The normalized spacial score (nSPS) is 19.8. The Morgan fingerprint density at radius 1 is 1.31 bits per heavy atom. The molecule has 0 aliphatic carbocycles. The summed E-state index contributed by atoms with van der Waals surface area (Å²) in [6.07, 6.45) is 0.945. The fraction of sp³-hybridized carbons (Fsp3) is 0.462. The zero-order chi connectivity index (χ0) is 11.6. The van der Waals surface area contributed by atoms with Gasteiger partial charge in [0, 0.05) is 6.54 Å². The van der Waals surface area contributed by atoms with E-state index in [0.29, 0.717) is 6.54 Å². The molecule has 0 unspecified atom stereocenters. The van der Waals surface area contributed by atoms with E-state index in [0.717, 1.165) is 13.0 Å². The first-order valence-corrected chi connectivity index (χ1v) is 5.59. The molecule has 1 fully saturated rings. The smallest absolute Gasteiger partial charge is 0.322 e. The van der Waals surface area contributed by atoms with Crippen molar-refractivity contribution >= 4 is 5.97 Å². The first-order chi connectivity index (χ1) is 7.58. The average Bonchev–Trinajstić information content (AvgIpc) is 2.50. The van der Waals surface area contributed by atoms with Crippen molar-refractivity contribution < 1.29 is 9.53 Å². The summed E-state index contributed by atoms with van der Waals surface area (Å²) in [4.78, 5) is 13.3. The molecular formula is C13H17NO2. The van der Waals surface area contributed by atoms with Crippen LogP contribution < -0.4 is 0 Å². The van der Waals surface area contributed by atoms with Gasteiger partial charge in [-0.05, 0) is 25.8 Å². The topological polar surface area (TPSA) is 29.5 Å². The summed E-state index contributed by atoms with van der Waals surface area (Å²) in [7, 11) is 0. The van der Waals surface area contributed by atoms with Gasteiger partial charge in [0.25, 0.3) is 0 Å². The molecule has 0 spiro atoms. The van der Waals surface area contributed by atoms with Gasteiger partial charge in [0.1, 0.15) is 6.54 Å². The minimum absolute atomic E-state index is 0.127. The molecule has 3 heteroatoms. The Hall–Kier alpha value is -1.35. The molecule has 1 aromatic rings. The van der Waals surface area contributed by atoms with Crippen LogP contribution in [0.25, 0.3) is 0 Å². The highest BCUT2D eigenvalue weighted by Gasteiger charge is 2.38. The Labute approximate surface area is 96.0 Å². The van der Waals surface area contributed by atoms with Crippen molar-refractivity contribution in [3.63, 3.8) is 0 Å². The van der Waals surface area contributed by atoms with Crippen LogP contribution in [-0.4, -0.2) is 29.7 Å². The second-order valence-electron chi connectivity index (χ2n) is 4.58. The highest BCUT2D eigenvalue weighted by Crippen LogP contribution is 2.22. The van der Waals surface area contributed by atoms with E-state index in [1.165, 1.54) is 5.56 Å². The van der Waals surface area contributed by atoms with E-state index in [1.807, 2.05) is 32.0 Å². The van der Waals surface area contributed by atoms with Crippen molar-refractivity contribution in [3.05, 3.63) is 35.9 Å². The molecule has 1 heterocycles. The van der Waals surface area contributed by atoms with Crippen LogP contribution in [0.4, 0.5) is 0 Å². The predicted octanol–water partition coefficient (Wildman–Crippen LogP) is 1.82. The molecule has 2 rings (SSSR count). The third-order valence-corrected chi connectivity index (χ3v) is 2.96. The predicted molar refractivity (Wildman–Crippen MR) is 61.9 cm³/mol. The van der Waals surface area contributed by atoms with E-state index in [4.69, 9.17) is 4.74 Å². The van der Waals surface area contributed by atoms with Crippen LogP contribution in [0.5, 0.6) is 0 Å². The summed E-state index contributed by atoms with van der Waals surface area (Å²) in [6, 6.07) is 10.3. The molecule has 0 saturated carbocycles. The van der Waals surface area contributed by atoms with Crippen molar-refractivity contribution in [2.75, 3.05) is 13.1 Å². The van der Waals surface area contributed by atoms with Crippen molar-refractivity contribution in [2.24, 2.45) is 0 Å². The lowest BCUT2D eigenvalue weighted by Crippen LogP contribution is -2.40. The molecule has 3 nitrogen and oxygen atoms in total. The van der Waals surface area contributed by atoms with E-state index in [1.54, 1.807) is 0 Å². The second kappa shape index (κ2) is 4.26. The molecule has 1 aliphatic rings. The SMILES string of the molecule is CC1(C)OC(=O)CN1CCc1ccccc1. The van der Waals surface area contributed by atoms with Crippen LogP contribution in [0.15, 0.2) is 30.3 Å². The Bertz CT molecular complexity index is 373. The lowest BCUT2D eigenvalue weighted by Gasteiger charge is -2.28. The first-order valence-electron chi connectivity index (χ1n) is 5.59. The Kier molecular flexibility index (Phi) is 2.97. The summed E-state index contributed by atoms with van der Waals surface area (Å²) >= 11 is 0. The largest absolute Gasteiger partial charge is 0.443 e. The monoisotopic (exact) mass is 219 g/mol. The van der Waals surface area contributed by atoms with Crippen molar-refractivity contribution in [1.29, 1.82) is 0 Å². The molecule has 0 N–H and O–H groups in total. The Balaban J connectivity index is 1.94. The maximum atomic E-state index is 11.2. The molecular weight excluding hydrogens is 202 g/mol. The summed E-state index contributed by atoms with van der Waals surface area (Å²) in [5.74, 6) is -0.127. The van der Waals surface area contributed by atoms with Gasteiger partial charge in [-0.15, -0.1) is 0 Å². The highest BCUT2D eigenvalue weighted by atomic mass is 16.6. The van der Waals surface area contributed by atoms with E-state index in [2.05, 4.69) is 17.0 Å². The van der Waals surface area contributed by atoms with E-state index in [9.17, 15) is 4.79 Å². The fourth-order valence-electron chi connectivity index (χ4n) is 1.98. The van der Waals surface area contributed by atoms with Gasteiger partial charge in [-0.3, -0.25) is 9.69 Å². The molecule has 1 aliphatic heterocycles. The zero-order valence-corrected chi connectivity index (χ0v) is 9.77. The number of nitrogens with zero attached hydrogens (tertiary/aromatic N) is 1. The molecule has 0 bridgehead atoms. The minimum atomic E-state index is -0.453. The quantitative estimate of drug-likeness (QED) is 0.726. The summed E-state index contributed by atoms with van der Waals surface area (Å²) in [5, 5.41) is 0. The van der Waals surface area contributed by atoms with Gasteiger partial charge in [0.15, 0.2) is 5.72 Å². The number of esters is 1. The minimum Gasteiger partial charge on any atom is -0.443 e. The lowest BCUT2D eigenvalue weighted by atomic mass is 10.1. The van der Waals surface area contributed by atoms with Gasteiger partial charge >= 0.3 is 5.97 Å². The van der Waals surface area contributed by atoms with Crippen molar-refractivity contribution in [1.82, 2.24) is 4.90 Å². The van der Waals surface area contributed by atoms with Gasteiger partial charge in [0.2, 0.25) is 0 Å². The number of rotatable bonds is 3. The van der Waals surface area contributed by atoms with Gasteiger partial charge in [-0.1, -0.05) is 30.3 Å². The third kappa shape index (κ3) is 2.42. The van der Waals surface area contributed by atoms with E-state index in [-0.39, 0.29) is 5.97 Å². The lowest BCUT2D eigenvalue weighted by molar-refractivity contribution is -0.148. The molecule has 0 aromatic heterocycles. The molecule has 16 heavy (non-hydrogen) atoms. The van der Waals surface area contributed by atoms with Crippen molar-refractivity contribution in [3.8, 4) is 0 Å². The number of cyclic esters (lactones) is 1. The van der Waals surface area contributed by atoms with Gasteiger partial charge in [-0.25, -0.2) is 0 Å². The standard InChI is InChI=1S/C13H17NO2/c1-13(2)14(10-12(15)16-13)9-8-11-6-4-3-5-7-11/h3-7H,8-10H2,1-2H3. The maximum absolute atomic E-state index is 11.2. The van der Waals surface area contributed by atoms with Crippen LogP contribution in [0.1, 0.15) is 19.4 Å². The van der Waals surface area contributed by atoms with Crippen LogP contribution in [-0.2, 0) is 16.0 Å². The van der Waals surface area contributed by atoms with Gasteiger partial charge in [0.05, 0.1) is 0 Å². The Morgan fingerprint density at radius 2 is 2.00 bits per heavy atom. The molecule has 86 valence electrons. The molecule has 1 saturated heterocycles. The summed E-state index contributed by atoms with van der Waals surface area (Å²) < 4.78 is 5.24. The van der Waals surface area contributed by atoms with Crippen LogP contribution in [0, 0.1) is 0 Å². The van der Waals surface area contributed by atoms with Crippen LogP contribution in [0.2, 0.25) is 0 Å². The van der Waals surface area contributed by atoms with Gasteiger partial charge in [-0.2, -0.15) is 0 Å². The fourth-order valence-corrected chi connectivity index (χ4v) is 1.98. The first kappa shape index (κ1) is 11.1. The number of hydrogen-bond acceptors (Lipinski definition) is 3. The van der Waals surface area contributed by atoms with Crippen LogP contribution >= 0.6 is 0 Å². The number of carbonyl (C=O) groups is 1. The summed E-state index contributed by atoms with van der Waals surface area (Å²) in [5.41, 5.74) is 0.837. The van der Waals surface area contributed by atoms with Crippen molar-refractivity contribution in [2.45, 2.75) is 26.0 Å². The number of ether oxygens (including phenoxy) is 1. The number of carbonyl (C=O) groups excluding carboxylic acids is 1. The Morgan fingerprint density at radius 3 is 2.56 bits per heavy atom. The number of hydrogen-bond donors (Lipinski definition) is 0. The highest BCUT2D eigenvalue weighted by molar-refractivity contribution is 5.74. The second-order valence-corrected chi connectivity index (χ2v) is 4.58. The zero-order valence-electron chi connectivity index (χ0n) is 9.77. The van der Waals surface area contributed by atoms with Crippen LogP contribution in [0.3, 0.4) is 0 Å². The van der Waals surface area contributed by atoms with Gasteiger partial charge < -0.3 is 4.74 Å². The summed E-state index contributed by atoms with van der Waals surface area (Å²) in [6.45, 7) is 5.12. The molecule has 0 amide bonds. The maximum Gasteiger partial charge on any atom is 0.322 e.